The summed E-state index contributed by atoms with van der Waals surface area (Å²) in [7, 11) is 0. The second kappa shape index (κ2) is 7.86. The van der Waals surface area contributed by atoms with Gasteiger partial charge in [-0.1, -0.05) is 0 Å². The molecule has 4 nitrogen and oxygen atoms in total. The summed E-state index contributed by atoms with van der Waals surface area (Å²) in [5.74, 6) is 1.47. The molecular weight excluding hydrogens is 322 g/mol. The van der Waals surface area contributed by atoms with Gasteiger partial charge in [0.15, 0.2) is 11.5 Å². The molecule has 0 radical (unpaired) electrons. The highest BCUT2D eigenvalue weighted by Gasteiger charge is 2.17. The highest BCUT2D eigenvalue weighted by atomic mass is 79.9. The lowest BCUT2D eigenvalue weighted by molar-refractivity contribution is 0.187. The van der Waals surface area contributed by atoms with E-state index < -0.39 is 0 Å². The van der Waals surface area contributed by atoms with Gasteiger partial charge in [-0.05, 0) is 61.3 Å². The first-order valence-corrected chi connectivity index (χ1v) is 7.66. The quantitative estimate of drug-likeness (QED) is 0.760. The molecule has 1 rings (SSSR count). The molecule has 5 heteroatoms. The molecular formula is C15H24BrNO3. The lowest BCUT2D eigenvalue weighted by atomic mass is 10.1. The molecule has 0 amide bonds. The molecule has 0 fully saturated rings. The minimum atomic E-state index is -0.309. The van der Waals surface area contributed by atoms with Crippen molar-refractivity contribution in [3.63, 3.8) is 0 Å². The van der Waals surface area contributed by atoms with Crippen LogP contribution in [0.4, 0.5) is 0 Å². The Bertz CT molecular complexity index is 435. The number of ether oxygens (including phenoxy) is 2. The van der Waals surface area contributed by atoms with E-state index in [9.17, 15) is 5.11 Å². The number of aliphatic hydroxyl groups is 1. The molecule has 0 bridgehead atoms. The predicted octanol–water partition coefficient (Wildman–Crippen LogP) is 3.11. The van der Waals surface area contributed by atoms with Gasteiger partial charge in [0.05, 0.1) is 24.3 Å². The lowest BCUT2D eigenvalue weighted by Gasteiger charge is -2.24. The minimum Gasteiger partial charge on any atom is -0.490 e. The number of hydrogen-bond donors (Lipinski definition) is 2. The molecule has 0 spiro atoms. The van der Waals surface area contributed by atoms with Gasteiger partial charge in [-0.25, -0.2) is 0 Å². The van der Waals surface area contributed by atoms with Crippen LogP contribution in [0.3, 0.4) is 0 Å². The Morgan fingerprint density at radius 3 is 2.40 bits per heavy atom. The van der Waals surface area contributed by atoms with Crippen LogP contribution in [0.1, 0.15) is 33.3 Å². The fourth-order valence-corrected chi connectivity index (χ4v) is 2.27. The van der Waals surface area contributed by atoms with E-state index >= 15 is 0 Å². The summed E-state index contributed by atoms with van der Waals surface area (Å²) < 4.78 is 12.1. The molecule has 0 aliphatic carbocycles. The average Bonchev–Trinajstić information content (AvgIpc) is 2.41. The van der Waals surface area contributed by atoms with Crippen LogP contribution < -0.4 is 14.8 Å². The Balaban J connectivity index is 2.93. The van der Waals surface area contributed by atoms with E-state index in [2.05, 4.69) is 21.2 Å². The zero-order chi connectivity index (χ0) is 15.2. The second-order valence-electron chi connectivity index (χ2n) is 5.17. The Labute approximate surface area is 129 Å². The van der Waals surface area contributed by atoms with Crippen LogP contribution in [0.5, 0.6) is 11.5 Å². The van der Waals surface area contributed by atoms with Crippen molar-refractivity contribution < 1.29 is 14.6 Å². The number of halogens is 1. The van der Waals surface area contributed by atoms with E-state index in [1.807, 2.05) is 39.8 Å². The lowest BCUT2D eigenvalue weighted by Crippen LogP contribution is -2.42. The van der Waals surface area contributed by atoms with E-state index in [1.165, 1.54) is 0 Å². The van der Waals surface area contributed by atoms with Crippen molar-refractivity contribution in [1.29, 1.82) is 0 Å². The third-order valence-electron chi connectivity index (χ3n) is 2.82. The van der Waals surface area contributed by atoms with Crippen LogP contribution in [-0.4, -0.2) is 30.5 Å². The van der Waals surface area contributed by atoms with E-state index in [0.717, 1.165) is 21.5 Å². The molecule has 0 saturated heterocycles. The van der Waals surface area contributed by atoms with E-state index in [-0.39, 0.29) is 12.1 Å². The fraction of sp³-hybridized carbons (Fsp3) is 0.600. The number of aliphatic hydroxyl groups excluding tert-OH is 1. The Kier molecular flexibility index (Phi) is 6.79. The van der Waals surface area contributed by atoms with Crippen molar-refractivity contribution >= 4 is 15.9 Å². The number of nitrogens with one attached hydrogen (secondary N) is 1. The Hall–Kier alpha value is -0.780. The van der Waals surface area contributed by atoms with Crippen LogP contribution in [0.25, 0.3) is 0 Å². The van der Waals surface area contributed by atoms with Crippen LogP contribution in [0.15, 0.2) is 16.6 Å². The molecule has 1 aromatic carbocycles. The molecule has 0 aliphatic rings. The largest absolute Gasteiger partial charge is 0.490 e. The first-order chi connectivity index (χ1) is 9.43. The average molecular weight is 346 g/mol. The van der Waals surface area contributed by atoms with Gasteiger partial charge in [-0.3, -0.25) is 0 Å². The minimum absolute atomic E-state index is 0.0868. The summed E-state index contributed by atoms with van der Waals surface area (Å²) in [6.07, 6.45) is 0. The van der Waals surface area contributed by atoms with Crippen LogP contribution in [0, 0.1) is 0 Å². The van der Waals surface area contributed by atoms with E-state index in [0.29, 0.717) is 19.8 Å². The smallest absolute Gasteiger partial charge is 0.175 e. The van der Waals surface area contributed by atoms with Crippen LogP contribution >= 0.6 is 15.9 Å². The summed E-state index contributed by atoms with van der Waals surface area (Å²) in [4.78, 5) is 0. The van der Waals surface area contributed by atoms with Crippen molar-refractivity contribution in [3.8, 4) is 11.5 Å². The maximum atomic E-state index is 9.26. The van der Waals surface area contributed by atoms with Crippen molar-refractivity contribution in [2.24, 2.45) is 0 Å². The van der Waals surface area contributed by atoms with Gasteiger partial charge in [-0.15, -0.1) is 0 Å². The first kappa shape index (κ1) is 17.3. The zero-order valence-corrected chi connectivity index (χ0v) is 14.2. The Morgan fingerprint density at radius 2 is 1.85 bits per heavy atom. The highest BCUT2D eigenvalue weighted by molar-refractivity contribution is 9.10. The molecule has 0 aliphatic heterocycles. The standard InChI is InChI=1S/C15H24BrNO3/c1-5-19-13-8-11(9-17-15(3,4)10-18)7-12(16)14(13)20-6-2/h7-8,17-18H,5-6,9-10H2,1-4H3. The summed E-state index contributed by atoms with van der Waals surface area (Å²) in [5.41, 5.74) is 0.766. The zero-order valence-electron chi connectivity index (χ0n) is 12.6. The topological polar surface area (TPSA) is 50.7 Å². The van der Waals surface area contributed by atoms with Gasteiger partial charge in [0.2, 0.25) is 0 Å². The van der Waals surface area contributed by atoms with E-state index in [4.69, 9.17) is 9.47 Å². The molecule has 1 aromatic rings. The summed E-state index contributed by atoms with van der Waals surface area (Å²) in [6, 6.07) is 3.98. The van der Waals surface area contributed by atoms with Gasteiger partial charge in [0.1, 0.15) is 0 Å². The maximum absolute atomic E-state index is 9.26. The normalized spacial score (nSPS) is 11.5. The molecule has 0 unspecified atom stereocenters. The van der Waals surface area contributed by atoms with Crippen LogP contribution in [0.2, 0.25) is 0 Å². The van der Waals surface area contributed by atoms with Crippen molar-refractivity contribution in [2.45, 2.75) is 39.8 Å². The first-order valence-electron chi connectivity index (χ1n) is 6.87. The van der Waals surface area contributed by atoms with Gasteiger partial charge >= 0.3 is 0 Å². The molecule has 2 N–H and O–H groups in total. The van der Waals surface area contributed by atoms with Crippen molar-refractivity contribution in [2.75, 3.05) is 19.8 Å². The SMILES string of the molecule is CCOc1cc(CNC(C)(C)CO)cc(Br)c1OCC. The predicted molar refractivity (Wildman–Crippen MR) is 84.5 cm³/mol. The van der Waals surface area contributed by atoms with Crippen molar-refractivity contribution in [1.82, 2.24) is 5.32 Å². The maximum Gasteiger partial charge on any atom is 0.175 e. The summed E-state index contributed by atoms with van der Waals surface area (Å²) in [5, 5.41) is 12.6. The van der Waals surface area contributed by atoms with Gasteiger partial charge in [0, 0.05) is 12.1 Å². The number of benzene rings is 1. The second-order valence-corrected chi connectivity index (χ2v) is 6.02. The summed E-state index contributed by atoms with van der Waals surface area (Å²) in [6.45, 7) is 9.73. The number of hydrogen-bond acceptors (Lipinski definition) is 4. The monoisotopic (exact) mass is 345 g/mol. The highest BCUT2D eigenvalue weighted by Crippen LogP contribution is 2.37. The van der Waals surface area contributed by atoms with Gasteiger partial charge in [-0.2, -0.15) is 0 Å². The Morgan fingerprint density at radius 1 is 1.20 bits per heavy atom. The fourth-order valence-electron chi connectivity index (χ4n) is 1.67. The van der Waals surface area contributed by atoms with Gasteiger partial charge in [0.25, 0.3) is 0 Å². The summed E-state index contributed by atoms with van der Waals surface area (Å²) >= 11 is 3.52. The number of rotatable bonds is 8. The molecule has 0 heterocycles. The molecule has 20 heavy (non-hydrogen) atoms. The third-order valence-corrected chi connectivity index (χ3v) is 3.41. The molecule has 0 atom stereocenters. The van der Waals surface area contributed by atoms with Crippen molar-refractivity contribution in [3.05, 3.63) is 22.2 Å². The van der Waals surface area contributed by atoms with Crippen LogP contribution in [-0.2, 0) is 6.54 Å². The molecule has 114 valence electrons. The molecule has 0 saturated carbocycles. The van der Waals surface area contributed by atoms with E-state index in [1.54, 1.807) is 0 Å². The van der Waals surface area contributed by atoms with Gasteiger partial charge < -0.3 is 19.9 Å². The molecule has 0 aromatic heterocycles. The third kappa shape index (κ3) is 4.96.